The summed E-state index contributed by atoms with van der Waals surface area (Å²) in [4.78, 5) is 21.6. The Morgan fingerprint density at radius 2 is 1.81 bits per heavy atom. The van der Waals surface area contributed by atoms with Crippen molar-refractivity contribution in [1.82, 2.24) is 10.6 Å². The third kappa shape index (κ3) is 9.45. The number of carbonyl (C=O) groups is 2. The molecule has 0 aliphatic carbocycles. The van der Waals surface area contributed by atoms with Crippen molar-refractivity contribution in [2.24, 2.45) is 0 Å². The van der Waals surface area contributed by atoms with E-state index in [1.165, 1.54) is 0 Å². The van der Waals surface area contributed by atoms with Gasteiger partial charge in [-0.05, 0) is 27.2 Å². The Labute approximate surface area is 96.6 Å². The van der Waals surface area contributed by atoms with Crippen LogP contribution in [0.4, 0.5) is 0 Å². The van der Waals surface area contributed by atoms with Crippen molar-refractivity contribution in [3.63, 3.8) is 0 Å². The van der Waals surface area contributed by atoms with Crippen molar-refractivity contribution >= 4 is 11.9 Å². The highest BCUT2D eigenvalue weighted by atomic mass is 16.4. The topological polar surface area (TPSA) is 78.4 Å². The van der Waals surface area contributed by atoms with Gasteiger partial charge in [-0.2, -0.15) is 0 Å². The maximum absolute atomic E-state index is 11.3. The van der Waals surface area contributed by atoms with Gasteiger partial charge in [0.2, 0.25) is 5.91 Å². The Hall–Kier alpha value is -1.10. The summed E-state index contributed by atoms with van der Waals surface area (Å²) in [5.41, 5.74) is 0. The molecule has 0 bridgehead atoms. The lowest BCUT2D eigenvalue weighted by atomic mass is 10.2. The molecule has 0 heterocycles. The van der Waals surface area contributed by atoms with Crippen LogP contribution in [0.15, 0.2) is 0 Å². The predicted octanol–water partition coefficient (Wildman–Crippen LogP) is 0.744. The molecule has 0 fully saturated rings. The van der Waals surface area contributed by atoms with Crippen LogP contribution >= 0.6 is 0 Å². The Morgan fingerprint density at radius 3 is 2.31 bits per heavy atom. The molecule has 3 N–H and O–H groups in total. The van der Waals surface area contributed by atoms with Crippen molar-refractivity contribution in [2.45, 2.75) is 52.1 Å². The van der Waals surface area contributed by atoms with Crippen LogP contribution in [0.3, 0.4) is 0 Å². The van der Waals surface area contributed by atoms with E-state index in [1.54, 1.807) is 0 Å². The first-order valence-electron chi connectivity index (χ1n) is 5.66. The third-order valence-electron chi connectivity index (χ3n) is 2.09. The highest BCUT2D eigenvalue weighted by molar-refractivity contribution is 5.76. The number of carboxylic acid groups (broad SMARTS) is 1. The summed E-state index contributed by atoms with van der Waals surface area (Å²) in [6.45, 7) is 6.34. The average molecular weight is 230 g/mol. The molecule has 16 heavy (non-hydrogen) atoms. The lowest BCUT2D eigenvalue weighted by Crippen LogP contribution is -2.34. The molecule has 0 spiro atoms. The van der Waals surface area contributed by atoms with Crippen LogP contribution in [0, 0.1) is 0 Å². The summed E-state index contributed by atoms with van der Waals surface area (Å²) in [5, 5.41) is 14.4. The third-order valence-corrected chi connectivity index (χ3v) is 2.09. The maximum atomic E-state index is 11.3. The van der Waals surface area contributed by atoms with Gasteiger partial charge in [0.1, 0.15) is 0 Å². The molecule has 0 aliphatic rings. The van der Waals surface area contributed by atoms with E-state index in [2.05, 4.69) is 10.6 Å². The summed E-state index contributed by atoms with van der Waals surface area (Å²) >= 11 is 0. The fraction of sp³-hybridized carbons (Fsp3) is 0.818. The maximum Gasteiger partial charge on any atom is 0.303 e. The zero-order chi connectivity index (χ0) is 12.6. The molecule has 1 unspecified atom stereocenters. The molecule has 0 aliphatic heterocycles. The monoisotopic (exact) mass is 230 g/mol. The Balaban J connectivity index is 3.50. The summed E-state index contributed by atoms with van der Waals surface area (Å²) < 4.78 is 0. The van der Waals surface area contributed by atoms with Crippen molar-refractivity contribution in [3.05, 3.63) is 0 Å². The highest BCUT2D eigenvalue weighted by Crippen LogP contribution is 1.96. The number of carbonyl (C=O) groups excluding carboxylic acids is 1. The van der Waals surface area contributed by atoms with E-state index in [1.807, 2.05) is 20.8 Å². The quantitative estimate of drug-likeness (QED) is 0.575. The molecular formula is C11H22N2O3. The smallest absolute Gasteiger partial charge is 0.303 e. The van der Waals surface area contributed by atoms with Gasteiger partial charge in [0, 0.05) is 31.5 Å². The number of nitrogens with one attached hydrogen (secondary N) is 2. The first-order valence-corrected chi connectivity index (χ1v) is 5.66. The number of aliphatic carboxylic acids is 1. The van der Waals surface area contributed by atoms with Gasteiger partial charge < -0.3 is 15.7 Å². The zero-order valence-corrected chi connectivity index (χ0v) is 10.2. The van der Waals surface area contributed by atoms with Gasteiger partial charge in [-0.3, -0.25) is 9.59 Å². The molecule has 0 radical (unpaired) electrons. The van der Waals surface area contributed by atoms with Crippen molar-refractivity contribution in [3.8, 4) is 0 Å². The van der Waals surface area contributed by atoms with Gasteiger partial charge >= 0.3 is 5.97 Å². The molecular weight excluding hydrogens is 208 g/mol. The van der Waals surface area contributed by atoms with Crippen molar-refractivity contribution in [1.29, 1.82) is 0 Å². The second-order valence-electron chi connectivity index (χ2n) is 4.26. The number of rotatable bonds is 8. The minimum atomic E-state index is -0.786. The standard InChI is InChI=1S/C11H22N2O3/c1-8(2)13-10(14)6-7-12-9(3)4-5-11(15)16/h8-9,12H,4-7H2,1-3H3,(H,13,14)(H,15,16). The van der Waals surface area contributed by atoms with Crippen LogP contribution in [0.5, 0.6) is 0 Å². The molecule has 1 atom stereocenters. The summed E-state index contributed by atoms with van der Waals surface area (Å²) in [6.07, 6.45) is 1.17. The lowest BCUT2D eigenvalue weighted by Gasteiger charge is -2.13. The first kappa shape index (κ1) is 14.9. The van der Waals surface area contributed by atoms with Gasteiger partial charge in [0.05, 0.1) is 0 Å². The Kier molecular flexibility index (Phi) is 7.54. The van der Waals surface area contributed by atoms with Crippen LogP contribution < -0.4 is 10.6 Å². The van der Waals surface area contributed by atoms with Crippen molar-refractivity contribution < 1.29 is 14.7 Å². The Morgan fingerprint density at radius 1 is 1.19 bits per heavy atom. The minimum Gasteiger partial charge on any atom is -0.481 e. The zero-order valence-electron chi connectivity index (χ0n) is 10.2. The molecule has 0 rings (SSSR count). The molecule has 0 saturated carbocycles. The summed E-state index contributed by atoms with van der Waals surface area (Å²) in [6, 6.07) is 0.292. The number of hydrogen-bond acceptors (Lipinski definition) is 3. The van der Waals surface area contributed by atoms with E-state index < -0.39 is 5.97 Å². The van der Waals surface area contributed by atoms with Gasteiger partial charge in [-0.15, -0.1) is 0 Å². The van der Waals surface area contributed by atoms with E-state index >= 15 is 0 Å². The van der Waals surface area contributed by atoms with Crippen LogP contribution in [-0.4, -0.2) is 35.6 Å². The van der Waals surface area contributed by atoms with Crippen LogP contribution in [-0.2, 0) is 9.59 Å². The molecule has 0 aromatic rings. The molecule has 5 nitrogen and oxygen atoms in total. The lowest BCUT2D eigenvalue weighted by molar-refractivity contribution is -0.137. The largest absolute Gasteiger partial charge is 0.481 e. The fourth-order valence-electron chi connectivity index (χ4n) is 1.27. The van der Waals surface area contributed by atoms with Gasteiger partial charge in [0.15, 0.2) is 0 Å². The summed E-state index contributed by atoms with van der Waals surface area (Å²) in [5.74, 6) is -0.765. The minimum absolute atomic E-state index is 0.0212. The molecule has 94 valence electrons. The van der Waals surface area contributed by atoms with Crippen LogP contribution in [0.1, 0.15) is 40.0 Å². The normalized spacial score (nSPS) is 12.5. The predicted molar refractivity (Wildman–Crippen MR) is 62.2 cm³/mol. The van der Waals surface area contributed by atoms with E-state index in [0.29, 0.717) is 19.4 Å². The van der Waals surface area contributed by atoms with Crippen molar-refractivity contribution in [2.75, 3.05) is 6.54 Å². The second-order valence-corrected chi connectivity index (χ2v) is 4.26. The highest BCUT2D eigenvalue weighted by Gasteiger charge is 2.06. The van der Waals surface area contributed by atoms with Gasteiger partial charge in [-0.25, -0.2) is 0 Å². The number of carboxylic acids is 1. The van der Waals surface area contributed by atoms with Crippen LogP contribution in [0.2, 0.25) is 0 Å². The number of hydrogen-bond donors (Lipinski definition) is 3. The fourth-order valence-corrected chi connectivity index (χ4v) is 1.27. The summed E-state index contributed by atoms with van der Waals surface area (Å²) in [7, 11) is 0. The SMILES string of the molecule is CC(C)NC(=O)CCNC(C)CCC(=O)O. The number of amides is 1. The molecule has 0 saturated heterocycles. The van der Waals surface area contributed by atoms with Gasteiger partial charge in [0.25, 0.3) is 0 Å². The van der Waals surface area contributed by atoms with E-state index in [9.17, 15) is 9.59 Å². The van der Waals surface area contributed by atoms with E-state index in [4.69, 9.17) is 5.11 Å². The molecule has 0 aromatic carbocycles. The van der Waals surface area contributed by atoms with E-state index in [0.717, 1.165) is 0 Å². The molecule has 1 amide bonds. The van der Waals surface area contributed by atoms with Crippen LogP contribution in [0.25, 0.3) is 0 Å². The first-order chi connectivity index (χ1) is 7.41. The molecule has 5 heteroatoms. The van der Waals surface area contributed by atoms with Gasteiger partial charge in [-0.1, -0.05) is 0 Å². The average Bonchev–Trinajstić information content (AvgIpc) is 2.13. The second kappa shape index (κ2) is 8.10. The van der Waals surface area contributed by atoms with E-state index in [-0.39, 0.29) is 24.4 Å². The molecule has 0 aromatic heterocycles. The Bertz CT molecular complexity index is 229.